The zero-order valence-electron chi connectivity index (χ0n) is 18.4. The van der Waals surface area contributed by atoms with Crippen molar-refractivity contribution in [2.75, 3.05) is 20.1 Å². The molecule has 1 aliphatic heterocycles. The lowest BCUT2D eigenvalue weighted by molar-refractivity contribution is -0.131. The summed E-state index contributed by atoms with van der Waals surface area (Å²) in [5.74, 6) is 0.163. The molecule has 1 amide bonds. The molecular weight excluding hydrogens is 434 g/mol. The number of carbonyl (C=O) groups is 1. The molecule has 0 unspecified atom stereocenters. The number of piperidine rings is 1. The second-order valence-corrected chi connectivity index (χ2v) is 10.6. The largest absolute Gasteiger partial charge is 0.467 e. The van der Waals surface area contributed by atoms with E-state index in [0.29, 0.717) is 24.4 Å². The standard InChI is InChI=1S/C22H27N3O6S/c1-15-9-16(2)12-24(11-15)32(28,29)18-6-7-19-20(10-18)31-22(27)25(19)14-21(26)23(3)13-17-5-4-8-30-17/h4-8,10,15-16H,9,11-14H2,1-3H3/t15-,16+. The predicted octanol–water partition coefficient (Wildman–Crippen LogP) is 2.51. The third-order valence-electron chi connectivity index (χ3n) is 5.81. The monoisotopic (exact) mass is 461 g/mol. The molecule has 2 aromatic heterocycles. The van der Waals surface area contributed by atoms with Crippen LogP contribution in [0.4, 0.5) is 0 Å². The topological polar surface area (TPSA) is 106 Å². The smallest absolute Gasteiger partial charge is 0.420 e. The minimum absolute atomic E-state index is 0.0773. The third kappa shape index (κ3) is 4.37. The maximum Gasteiger partial charge on any atom is 0.420 e. The molecule has 0 radical (unpaired) electrons. The molecule has 172 valence electrons. The Bertz CT molecular complexity index is 1260. The van der Waals surface area contributed by atoms with Crippen molar-refractivity contribution >= 4 is 27.0 Å². The lowest BCUT2D eigenvalue weighted by atomic mass is 9.94. The molecule has 4 rings (SSSR count). The molecule has 1 aliphatic rings. The predicted molar refractivity (Wildman–Crippen MR) is 117 cm³/mol. The molecule has 1 saturated heterocycles. The fourth-order valence-electron chi connectivity index (χ4n) is 4.29. The number of fused-ring (bicyclic) bond motifs is 1. The maximum atomic E-state index is 13.2. The van der Waals surface area contributed by atoms with E-state index in [-0.39, 0.29) is 41.3 Å². The highest BCUT2D eigenvalue weighted by Gasteiger charge is 2.32. The van der Waals surface area contributed by atoms with Crippen LogP contribution in [0, 0.1) is 11.8 Å². The van der Waals surface area contributed by atoms with E-state index in [1.807, 2.05) is 13.8 Å². The summed E-state index contributed by atoms with van der Waals surface area (Å²) in [5.41, 5.74) is 0.504. The zero-order chi connectivity index (χ0) is 23.0. The Kier molecular flexibility index (Phi) is 6.00. The third-order valence-corrected chi connectivity index (χ3v) is 7.63. The van der Waals surface area contributed by atoms with Crippen molar-refractivity contribution in [1.82, 2.24) is 13.8 Å². The highest BCUT2D eigenvalue weighted by molar-refractivity contribution is 7.89. The summed E-state index contributed by atoms with van der Waals surface area (Å²) in [5, 5.41) is 0. The first-order valence-corrected chi connectivity index (χ1v) is 12.0. The summed E-state index contributed by atoms with van der Waals surface area (Å²) >= 11 is 0. The van der Waals surface area contributed by atoms with Gasteiger partial charge in [-0.05, 0) is 42.5 Å². The van der Waals surface area contributed by atoms with Gasteiger partial charge < -0.3 is 13.7 Å². The average molecular weight is 462 g/mol. The SMILES string of the molecule is C[C@@H]1C[C@H](C)CN(S(=O)(=O)c2ccc3c(c2)oc(=O)n3CC(=O)N(C)Cc2ccco2)C1. The second kappa shape index (κ2) is 8.59. The Morgan fingerprint density at radius 3 is 2.56 bits per heavy atom. The number of hydrogen-bond acceptors (Lipinski definition) is 6. The number of furan rings is 1. The van der Waals surface area contributed by atoms with Gasteiger partial charge in [-0.1, -0.05) is 13.8 Å². The van der Waals surface area contributed by atoms with Crippen molar-refractivity contribution < 1.29 is 22.0 Å². The fourth-order valence-corrected chi connectivity index (χ4v) is 5.98. The summed E-state index contributed by atoms with van der Waals surface area (Å²) in [4.78, 5) is 26.5. The van der Waals surface area contributed by atoms with Crippen LogP contribution < -0.4 is 5.76 Å². The van der Waals surface area contributed by atoms with E-state index in [9.17, 15) is 18.0 Å². The normalized spacial score (nSPS) is 20.0. The van der Waals surface area contributed by atoms with Crippen molar-refractivity contribution in [3.63, 3.8) is 0 Å². The Morgan fingerprint density at radius 2 is 1.91 bits per heavy atom. The first-order valence-electron chi connectivity index (χ1n) is 10.5. The van der Waals surface area contributed by atoms with Gasteiger partial charge in [-0.25, -0.2) is 13.2 Å². The average Bonchev–Trinajstić information content (AvgIpc) is 3.34. The van der Waals surface area contributed by atoms with Gasteiger partial charge in [0.2, 0.25) is 15.9 Å². The first kappa shape index (κ1) is 22.3. The highest BCUT2D eigenvalue weighted by atomic mass is 32.2. The molecule has 3 heterocycles. The quantitative estimate of drug-likeness (QED) is 0.558. The molecule has 3 aromatic rings. The number of carbonyl (C=O) groups excluding carboxylic acids is 1. The van der Waals surface area contributed by atoms with Crippen molar-refractivity contribution in [3.05, 3.63) is 52.9 Å². The lowest BCUT2D eigenvalue weighted by Gasteiger charge is -2.34. The number of benzene rings is 1. The molecule has 0 spiro atoms. The van der Waals surface area contributed by atoms with Gasteiger partial charge in [-0.3, -0.25) is 9.36 Å². The molecule has 0 bridgehead atoms. The minimum atomic E-state index is -3.71. The van der Waals surface area contributed by atoms with Gasteiger partial charge in [0, 0.05) is 26.2 Å². The number of nitrogens with zero attached hydrogens (tertiary/aromatic N) is 3. The molecule has 32 heavy (non-hydrogen) atoms. The van der Waals surface area contributed by atoms with E-state index < -0.39 is 15.8 Å². The van der Waals surface area contributed by atoms with E-state index in [2.05, 4.69) is 0 Å². The van der Waals surface area contributed by atoms with Crippen LogP contribution in [0.5, 0.6) is 0 Å². The van der Waals surface area contributed by atoms with Crippen molar-refractivity contribution in [3.8, 4) is 0 Å². The second-order valence-electron chi connectivity index (χ2n) is 8.68. The van der Waals surface area contributed by atoms with E-state index in [0.717, 1.165) is 6.42 Å². The van der Waals surface area contributed by atoms with Gasteiger partial charge in [0.1, 0.15) is 12.3 Å². The fraction of sp³-hybridized carbons (Fsp3) is 0.455. The van der Waals surface area contributed by atoms with Gasteiger partial charge in [0.15, 0.2) is 5.58 Å². The van der Waals surface area contributed by atoms with Gasteiger partial charge in [0.25, 0.3) is 0 Å². The molecule has 1 fully saturated rings. The lowest BCUT2D eigenvalue weighted by Crippen LogP contribution is -2.42. The molecule has 10 heteroatoms. The Morgan fingerprint density at radius 1 is 1.19 bits per heavy atom. The van der Waals surface area contributed by atoms with Gasteiger partial charge in [-0.2, -0.15) is 4.31 Å². The summed E-state index contributed by atoms with van der Waals surface area (Å²) in [6.07, 6.45) is 2.52. The summed E-state index contributed by atoms with van der Waals surface area (Å²) in [6, 6.07) is 7.84. The van der Waals surface area contributed by atoms with E-state index in [4.69, 9.17) is 8.83 Å². The van der Waals surface area contributed by atoms with Crippen LogP contribution in [-0.4, -0.2) is 48.2 Å². The van der Waals surface area contributed by atoms with E-state index >= 15 is 0 Å². The highest BCUT2D eigenvalue weighted by Crippen LogP contribution is 2.28. The Hall–Kier alpha value is -2.85. The molecular formula is C22H27N3O6S. The number of amides is 1. The van der Waals surface area contributed by atoms with Crippen LogP contribution in [-0.2, 0) is 27.9 Å². The Labute approximate surface area is 186 Å². The van der Waals surface area contributed by atoms with Crippen molar-refractivity contribution in [2.45, 2.75) is 38.3 Å². The number of likely N-dealkylation sites (N-methyl/N-ethyl adjacent to an activating group) is 1. The summed E-state index contributed by atoms with van der Waals surface area (Å²) < 4.78 is 39.6. The van der Waals surface area contributed by atoms with Crippen LogP contribution in [0.25, 0.3) is 11.1 Å². The first-order chi connectivity index (χ1) is 15.1. The number of hydrogen-bond donors (Lipinski definition) is 0. The van der Waals surface area contributed by atoms with Crippen LogP contribution >= 0.6 is 0 Å². The number of rotatable bonds is 6. The van der Waals surface area contributed by atoms with E-state index in [1.165, 1.54) is 38.2 Å². The molecule has 2 atom stereocenters. The van der Waals surface area contributed by atoms with Crippen LogP contribution in [0.1, 0.15) is 26.0 Å². The van der Waals surface area contributed by atoms with Gasteiger partial charge >= 0.3 is 5.76 Å². The molecule has 0 saturated carbocycles. The molecule has 0 aliphatic carbocycles. The molecule has 9 nitrogen and oxygen atoms in total. The van der Waals surface area contributed by atoms with Gasteiger partial charge in [0.05, 0.1) is 23.2 Å². The molecule has 1 aromatic carbocycles. The summed E-state index contributed by atoms with van der Waals surface area (Å²) in [7, 11) is -2.10. The zero-order valence-corrected chi connectivity index (χ0v) is 19.2. The molecule has 0 N–H and O–H groups in total. The van der Waals surface area contributed by atoms with Crippen molar-refractivity contribution in [2.24, 2.45) is 11.8 Å². The number of sulfonamides is 1. The Balaban J connectivity index is 1.57. The number of aromatic nitrogens is 1. The number of oxazole rings is 1. The van der Waals surface area contributed by atoms with Crippen LogP contribution in [0.2, 0.25) is 0 Å². The van der Waals surface area contributed by atoms with E-state index in [1.54, 1.807) is 19.2 Å². The van der Waals surface area contributed by atoms with Crippen LogP contribution in [0.3, 0.4) is 0 Å². The minimum Gasteiger partial charge on any atom is -0.467 e. The van der Waals surface area contributed by atoms with Crippen LogP contribution in [0.15, 0.2) is 55.1 Å². The van der Waals surface area contributed by atoms with Gasteiger partial charge in [-0.15, -0.1) is 0 Å². The van der Waals surface area contributed by atoms with Crippen molar-refractivity contribution in [1.29, 1.82) is 0 Å². The maximum absolute atomic E-state index is 13.2. The summed E-state index contributed by atoms with van der Waals surface area (Å²) in [6.45, 7) is 5.06.